The second-order valence-electron chi connectivity index (χ2n) is 7.29. The maximum absolute atomic E-state index is 12.7. The fourth-order valence-electron chi connectivity index (χ4n) is 3.55. The van der Waals surface area contributed by atoms with Crippen LogP contribution in [-0.2, 0) is 22.6 Å². The molecular weight excluding hydrogens is 432 g/mol. The number of fused-ring (bicyclic) bond motifs is 1. The third-order valence-electron chi connectivity index (χ3n) is 5.12. The topological polar surface area (TPSA) is 81.9 Å². The number of methoxy groups -OCH3 is 1. The van der Waals surface area contributed by atoms with Crippen LogP contribution in [0, 0.1) is 0 Å². The average Bonchev–Trinajstić information content (AvgIpc) is 3.21. The van der Waals surface area contributed by atoms with Crippen LogP contribution >= 0.6 is 11.6 Å². The Labute approximate surface area is 190 Å². The maximum atomic E-state index is 12.7. The van der Waals surface area contributed by atoms with Crippen LogP contribution in [-0.4, -0.2) is 35.6 Å². The first kappa shape index (κ1) is 21.6. The molecule has 4 rings (SSSR count). The second kappa shape index (κ2) is 9.28. The lowest BCUT2D eigenvalue weighted by Crippen LogP contribution is -2.34. The molecule has 0 bridgehead atoms. The fraction of sp³-hybridized carbons (Fsp3) is 0.208. The van der Waals surface area contributed by atoms with Crippen LogP contribution < -0.4 is 9.47 Å². The number of rotatable bonds is 5. The largest absolute Gasteiger partial charge is 0.493 e. The third kappa shape index (κ3) is 4.68. The summed E-state index contributed by atoms with van der Waals surface area (Å²) >= 11 is 5.97. The van der Waals surface area contributed by atoms with E-state index in [4.69, 9.17) is 25.6 Å². The normalized spacial score (nSPS) is 13.2. The number of hydrogen-bond acceptors (Lipinski definition) is 6. The number of nitrogens with zero attached hydrogens (tertiary/aromatic N) is 2. The van der Waals surface area contributed by atoms with E-state index in [1.165, 1.54) is 20.1 Å². The van der Waals surface area contributed by atoms with Crippen LogP contribution in [0.3, 0.4) is 0 Å². The number of hydrogen-bond donors (Lipinski definition) is 0. The molecule has 1 aliphatic rings. The molecule has 0 saturated carbocycles. The van der Waals surface area contributed by atoms with E-state index in [-0.39, 0.29) is 5.91 Å². The van der Waals surface area contributed by atoms with Gasteiger partial charge in [0.15, 0.2) is 17.3 Å². The van der Waals surface area contributed by atoms with Gasteiger partial charge in [0.05, 0.1) is 13.7 Å². The number of esters is 1. The fourth-order valence-corrected chi connectivity index (χ4v) is 3.67. The molecule has 0 fully saturated rings. The summed E-state index contributed by atoms with van der Waals surface area (Å²) in [5.41, 5.74) is 3.44. The summed E-state index contributed by atoms with van der Waals surface area (Å²) in [4.78, 5) is 25.6. The first-order chi connectivity index (χ1) is 15.4. The summed E-state index contributed by atoms with van der Waals surface area (Å²) in [6.45, 7) is 2.26. The van der Waals surface area contributed by atoms with Crippen molar-refractivity contribution in [2.24, 2.45) is 0 Å². The van der Waals surface area contributed by atoms with Gasteiger partial charge >= 0.3 is 5.97 Å². The molecule has 1 aromatic heterocycles. The summed E-state index contributed by atoms with van der Waals surface area (Å²) in [5, 5.41) is 4.84. The van der Waals surface area contributed by atoms with Crippen molar-refractivity contribution < 1.29 is 23.6 Å². The molecule has 1 aliphatic heterocycles. The molecule has 0 radical (unpaired) electrons. The van der Waals surface area contributed by atoms with Gasteiger partial charge in [0.1, 0.15) is 5.69 Å². The van der Waals surface area contributed by atoms with Gasteiger partial charge in [0, 0.05) is 35.7 Å². The lowest BCUT2D eigenvalue weighted by molar-refractivity contribution is -0.132. The zero-order valence-corrected chi connectivity index (χ0v) is 18.4. The Morgan fingerprint density at radius 2 is 1.94 bits per heavy atom. The molecular formula is C24H21ClN2O5. The van der Waals surface area contributed by atoms with Crippen molar-refractivity contribution in [3.63, 3.8) is 0 Å². The second-order valence-corrected chi connectivity index (χ2v) is 7.73. The van der Waals surface area contributed by atoms with Crippen molar-refractivity contribution in [3.05, 3.63) is 70.4 Å². The van der Waals surface area contributed by atoms with Gasteiger partial charge in [-0.1, -0.05) is 22.8 Å². The predicted octanol–water partition coefficient (Wildman–Crippen LogP) is 4.53. The van der Waals surface area contributed by atoms with E-state index in [1.807, 2.05) is 24.3 Å². The molecule has 0 aliphatic carbocycles. The van der Waals surface area contributed by atoms with Crippen LogP contribution in [0.2, 0.25) is 5.02 Å². The Bertz CT molecular complexity index is 1180. The molecule has 0 unspecified atom stereocenters. The van der Waals surface area contributed by atoms with E-state index in [0.717, 1.165) is 28.1 Å². The van der Waals surface area contributed by atoms with Crippen molar-refractivity contribution >= 4 is 29.6 Å². The number of ether oxygens (including phenoxy) is 2. The van der Waals surface area contributed by atoms with Crippen LogP contribution in [0.15, 0.2) is 53.1 Å². The van der Waals surface area contributed by atoms with Gasteiger partial charge < -0.3 is 18.9 Å². The lowest BCUT2D eigenvalue weighted by atomic mass is 10.0. The minimum Gasteiger partial charge on any atom is -0.493 e. The number of carbonyl (C=O) groups excluding carboxylic acids is 2. The molecule has 0 atom stereocenters. The number of halogens is 1. The van der Waals surface area contributed by atoms with Crippen LogP contribution in [0.4, 0.5) is 0 Å². The van der Waals surface area contributed by atoms with E-state index in [1.54, 1.807) is 29.2 Å². The minimum absolute atomic E-state index is 0.130. The molecule has 164 valence electrons. The first-order valence-corrected chi connectivity index (χ1v) is 10.4. The highest BCUT2D eigenvalue weighted by Gasteiger charge is 2.26. The van der Waals surface area contributed by atoms with E-state index in [0.29, 0.717) is 36.0 Å². The third-order valence-corrected chi connectivity index (χ3v) is 5.37. The molecule has 0 saturated heterocycles. The quantitative estimate of drug-likeness (QED) is 0.321. The molecule has 32 heavy (non-hydrogen) atoms. The molecule has 8 heteroatoms. The number of amides is 1. The van der Waals surface area contributed by atoms with Crippen LogP contribution in [0.1, 0.15) is 23.7 Å². The SMILES string of the molecule is COc1cc(/C=C/C(=O)N2CCc3c(noc3-c3ccc(Cl)cc3)C2)ccc1OC(C)=O. The van der Waals surface area contributed by atoms with Gasteiger partial charge in [0.2, 0.25) is 5.91 Å². The first-order valence-electron chi connectivity index (χ1n) is 10.0. The molecule has 2 aromatic carbocycles. The molecule has 7 nitrogen and oxygen atoms in total. The van der Waals surface area contributed by atoms with Crippen molar-refractivity contribution in [1.29, 1.82) is 0 Å². The van der Waals surface area contributed by atoms with Crippen molar-refractivity contribution in [2.75, 3.05) is 13.7 Å². The monoisotopic (exact) mass is 452 g/mol. The van der Waals surface area contributed by atoms with E-state index in [9.17, 15) is 9.59 Å². The van der Waals surface area contributed by atoms with Crippen LogP contribution in [0.25, 0.3) is 17.4 Å². The Hall–Kier alpha value is -3.58. The summed E-state index contributed by atoms with van der Waals surface area (Å²) in [6, 6.07) is 12.5. The lowest BCUT2D eigenvalue weighted by Gasteiger charge is -2.24. The molecule has 0 spiro atoms. The van der Waals surface area contributed by atoms with E-state index < -0.39 is 5.97 Å². The molecule has 3 aromatic rings. The zero-order chi connectivity index (χ0) is 22.7. The molecule has 1 amide bonds. The Morgan fingerprint density at radius 1 is 1.16 bits per heavy atom. The number of aromatic nitrogens is 1. The smallest absolute Gasteiger partial charge is 0.308 e. The van der Waals surface area contributed by atoms with Gasteiger partial charge in [-0.3, -0.25) is 9.59 Å². The minimum atomic E-state index is -0.432. The van der Waals surface area contributed by atoms with Crippen molar-refractivity contribution in [2.45, 2.75) is 19.9 Å². The van der Waals surface area contributed by atoms with Gasteiger partial charge in [-0.15, -0.1) is 0 Å². The molecule has 0 N–H and O–H groups in total. The maximum Gasteiger partial charge on any atom is 0.308 e. The van der Waals surface area contributed by atoms with Crippen molar-refractivity contribution in [3.8, 4) is 22.8 Å². The van der Waals surface area contributed by atoms with E-state index in [2.05, 4.69) is 5.16 Å². The summed E-state index contributed by atoms with van der Waals surface area (Å²) in [7, 11) is 1.49. The van der Waals surface area contributed by atoms with Gasteiger partial charge in [0.25, 0.3) is 0 Å². The van der Waals surface area contributed by atoms with Gasteiger partial charge in [-0.25, -0.2) is 0 Å². The Balaban J connectivity index is 1.45. The highest BCUT2D eigenvalue weighted by molar-refractivity contribution is 6.30. The Kier molecular flexibility index (Phi) is 6.28. The predicted molar refractivity (Wildman–Crippen MR) is 119 cm³/mol. The zero-order valence-electron chi connectivity index (χ0n) is 17.6. The summed E-state index contributed by atoms with van der Waals surface area (Å²) in [6.07, 6.45) is 3.85. The van der Waals surface area contributed by atoms with Crippen molar-refractivity contribution in [1.82, 2.24) is 10.1 Å². The Morgan fingerprint density at radius 3 is 2.66 bits per heavy atom. The average molecular weight is 453 g/mol. The number of carbonyl (C=O) groups is 2. The molecule has 2 heterocycles. The summed E-state index contributed by atoms with van der Waals surface area (Å²) in [5.74, 6) is 0.900. The highest BCUT2D eigenvalue weighted by Crippen LogP contribution is 2.31. The van der Waals surface area contributed by atoms with E-state index >= 15 is 0 Å². The van der Waals surface area contributed by atoms with Gasteiger partial charge in [-0.05, 0) is 54.5 Å². The highest BCUT2D eigenvalue weighted by atomic mass is 35.5. The number of benzene rings is 2. The van der Waals surface area contributed by atoms with Gasteiger partial charge in [-0.2, -0.15) is 0 Å². The van der Waals surface area contributed by atoms with Crippen LogP contribution in [0.5, 0.6) is 11.5 Å². The standard InChI is InChI=1S/C24H21ClN2O5/c1-15(28)31-21-9-3-16(13-22(21)30-2)4-10-23(29)27-12-11-19-20(14-27)26-32-24(19)17-5-7-18(25)8-6-17/h3-10,13H,11-12,14H2,1-2H3/b10-4+. The summed E-state index contributed by atoms with van der Waals surface area (Å²) < 4.78 is 15.9.